The summed E-state index contributed by atoms with van der Waals surface area (Å²) >= 11 is 0. The predicted octanol–water partition coefficient (Wildman–Crippen LogP) is 1.79. The average Bonchev–Trinajstić information content (AvgIpc) is 3.05. The maximum absolute atomic E-state index is 14.1. The SMILES string of the molecule is CCC1OC(=O)C(C)C(OC2C[C@@](C)(OC)[C@@H](O)C(C)O2)C(C)[C@@H](OC2OC(C)CC(N(C)C)[C@H]2O)[C@@](C)(O)C[C@@H](C)C(=O)[C@H](C)[C@@H](O)[C@]1(C)O. The van der Waals surface area contributed by atoms with E-state index in [1.165, 1.54) is 27.9 Å². The van der Waals surface area contributed by atoms with Crippen molar-refractivity contribution in [2.45, 2.75) is 179 Å². The van der Waals surface area contributed by atoms with Crippen molar-refractivity contribution in [3.8, 4) is 0 Å². The van der Waals surface area contributed by atoms with Crippen molar-refractivity contribution < 1.29 is 63.5 Å². The number of nitrogens with zero attached hydrogens (tertiary/aromatic N) is 1. The smallest absolute Gasteiger partial charge is 0.311 e. The molecule has 9 unspecified atom stereocenters. The van der Waals surface area contributed by atoms with Crippen LogP contribution < -0.4 is 0 Å². The Bertz CT molecular complexity index is 1170. The Morgan fingerprint density at radius 1 is 0.882 bits per heavy atom. The molecule has 0 radical (unpaired) electrons. The quantitative estimate of drug-likeness (QED) is 0.238. The lowest BCUT2D eigenvalue weighted by atomic mass is 9.74. The van der Waals surface area contributed by atoms with E-state index in [1.807, 2.05) is 25.9 Å². The molecule has 51 heavy (non-hydrogen) atoms. The highest BCUT2D eigenvalue weighted by Crippen LogP contribution is 2.40. The number of cyclic esters (lactones) is 1. The number of esters is 1. The molecule has 0 aromatic carbocycles. The Kier molecular flexibility index (Phi) is 14.7. The molecule has 298 valence electrons. The molecule has 3 aliphatic heterocycles. The predicted molar refractivity (Wildman–Crippen MR) is 186 cm³/mol. The summed E-state index contributed by atoms with van der Waals surface area (Å²) in [5.74, 6) is -4.98. The van der Waals surface area contributed by atoms with Gasteiger partial charge >= 0.3 is 5.97 Å². The lowest BCUT2D eigenvalue weighted by molar-refractivity contribution is -0.318. The highest BCUT2D eigenvalue weighted by atomic mass is 16.7. The summed E-state index contributed by atoms with van der Waals surface area (Å²) < 4.78 is 37.1. The van der Waals surface area contributed by atoms with Crippen molar-refractivity contribution in [2.75, 3.05) is 21.2 Å². The number of carbonyl (C=O) groups is 2. The Labute approximate surface area is 304 Å². The number of ketones is 1. The molecule has 0 bridgehead atoms. The van der Waals surface area contributed by atoms with Crippen LogP contribution in [0.15, 0.2) is 0 Å². The summed E-state index contributed by atoms with van der Waals surface area (Å²) in [6, 6.07) is -0.324. The van der Waals surface area contributed by atoms with Crippen LogP contribution >= 0.6 is 0 Å². The Morgan fingerprint density at radius 3 is 2.04 bits per heavy atom. The largest absolute Gasteiger partial charge is 0.459 e. The molecule has 3 saturated heterocycles. The van der Waals surface area contributed by atoms with E-state index in [4.69, 9.17) is 28.4 Å². The summed E-state index contributed by atoms with van der Waals surface area (Å²) in [6.07, 6.45) is -9.71. The molecule has 0 aromatic heterocycles. The van der Waals surface area contributed by atoms with Crippen molar-refractivity contribution in [3.63, 3.8) is 0 Å². The first-order chi connectivity index (χ1) is 23.4. The number of aliphatic hydroxyl groups is 5. The number of likely N-dealkylation sites (N-methyl/N-ethyl adjacent to an activating group) is 1. The van der Waals surface area contributed by atoms with Crippen LogP contribution in [0, 0.1) is 23.7 Å². The topological polar surface area (TPSA) is 194 Å². The van der Waals surface area contributed by atoms with E-state index in [0.717, 1.165) is 0 Å². The number of rotatable bonds is 7. The van der Waals surface area contributed by atoms with E-state index >= 15 is 0 Å². The zero-order valence-electron chi connectivity index (χ0n) is 32.9. The van der Waals surface area contributed by atoms with Gasteiger partial charge in [0.15, 0.2) is 12.6 Å². The molecular formula is C37H67NO13. The fourth-order valence-electron chi connectivity index (χ4n) is 8.41. The molecule has 3 heterocycles. The zero-order valence-corrected chi connectivity index (χ0v) is 32.9. The average molecular weight is 734 g/mol. The maximum atomic E-state index is 14.1. The van der Waals surface area contributed by atoms with Gasteiger partial charge < -0.3 is 58.9 Å². The van der Waals surface area contributed by atoms with E-state index in [1.54, 1.807) is 41.5 Å². The summed E-state index contributed by atoms with van der Waals surface area (Å²) in [6.45, 7) is 16.3. The minimum Gasteiger partial charge on any atom is -0.459 e. The molecule has 14 nitrogen and oxygen atoms in total. The van der Waals surface area contributed by atoms with Crippen molar-refractivity contribution in [1.82, 2.24) is 4.90 Å². The van der Waals surface area contributed by atoms with E-state index < -0.39 is 108 Å². The molecule has 14 heteroatoms. The molecule has 3 aliphatic rings. The normalized spacial score (nSPS) is 49.7. The van der Waals surface area contributed by atoms with Crippen LogP contribution in [-0.4, -0.2) is 148 Å². The Morgan fingerprint density at radius 2 is 1.49 bits per heavy atom. The first kappa shape index (κ1) is 44.1. The second-order valence-corrected chi connectivity index (χ2v) is 16.5. The van der Waals surface area contributed by atoms with E-state index in [-0.39, 0.29) is 31.4 Å². The van der Waals surface area contributed by atoms with Crippen molar-refractivity contribution >= 4 is 11.8 Å². The third-order valence-electron chi connectivity index (χ3n) is 11.8. The number of hydrogen-bond donors (Lipinski definition) is 5. The van der Waals surface area contributed by atoms with Gasteiger partial charge in [-0.15, -0.1) is 0 Å². The first-order valence-electron chi connectivity index (χ1n) is 18.5. The molecule has 0 saturated carbocycles. The van der Waals surface area contributed by atoms with Gasteiger partial charge in [-0.3, -0.25) is 9.59 Å². The number of ether oxygens (including phenoxy) is 6. The fourth-order valence-corrected chi connectivity index (χ4v) is 8.41. The third kappa shape index (κ3) is 9.51. The minimum atomic E-state index is -1.99. The summed E-state index contributed by atoms with van der Waals surface area (Å²) in [5.41, 5.74) is -4.84. The maximum Gasteiger partial charge on any atom is 0.311 e. The molecule has 18 atom stereocenters. The van der Waals surface area contributed by atoms with Gasteiger partial charge in [-0.2, -0.15) is 0 Å². The van der Waals surface area contributed by atoms with Crippen molar-refractivity contribution in [2.24, 2.45) is 23.7 Å². The number of hydrogen-bond acceptors (Lipinski definition) is 14. The van der Waals surface area contributed by atoms with Gasteiger partial charge in [-0.05, 0) is 74.9 Å². The van der Waals surface area contributed by atoms with Gasteiger partial charge in [0, 0.05) is 37.3 Å². The van der Waals surface area contributed by atoms with Gasteiger partial charge in [0.25, 0.3) is 0 Å². The standard InChI is InChI=1S/C37H67NO13/c1-14-25-37(10,45)30(41)20(4)27(39)18(2)16-35(8,44)32(51-34-28(40)24(38(11)12)15-19(3)47-34)21(5)29(22(6)33(43)49-25)50-26-17-36(9,46-13)31(42)23(7)48-26/h18-26,28-32,34,40-42,44-45H,14-17H2,1-13H3/t18-,19?,20+,21?,22?,23?,24?,25?,26?,28-,29?,30-,31+,32-,34?,35+,36-,37-/m1/s1. The second kappa shape index (κ2) is 17.0. The molecule has 3 rings (SSSR count). The van der Waals surface area contributed by atoms with Crippen LogP contribution in [0.2, 0.25) is 0 Å². The van der Waals surface area contributed by atoms with Crippen LogP contribution in [0.4, 0.5) is 0 Å². The highest BCUT2D eigenvalue weighted by Gasteiger charge is 2.53. The summed E-state index contributed by atoms with van der Waals surface area (Å²) in [4.78, 5) is 29.8. The van der Waals surface area contributed by atoms with E-state index in [0.29, 0.717) is 6.42 Å². The summed E-state index contributed by atoms with van der Waals surface area (Å²) in [5, 5.41) is 57.6. The van der Waals surface area contributed by atoms with Crippen LogP contribution in [-0.2, 0) is 38.0 Å². The number of methoxy groups -OCH3 is 1. The van der Waals surface area contributed by atoms with Crippen LogP contribution in [0.5, 0.6) is 0 Å². The minimum absolute atomic E-state index is 0.0936. The highest BCUT2D eigenvalue weighted by molar-refractivity contribution is 5.83. The zero-order chi connectivity index (χ0) is 39.0. The molecule has 5 N–H and O–H groups in total. The molecule has 3 fully saturated rings. The van der Waals surface area contributed by atoms with E-state index in [9.17, 15) is 35.1 Å². The van der Waals surface area contributed by atoms with Gasteiger partial charge in [0.05, 0.1) is 47.6 Å². The van der Waals surface area contributed by atoms with Crippen molar-refractivity contribution in [1.29, 1.82) is 0 Å². The molecule has 0 aromatic rings. The molecule has 0 spiro atoms. The fraction of sp³-hybridized carbons (Fsp3) is 0.946. The molecular weight excluding hydrogens is 666 g/mol. The van der Waals surface area contributed by atoms with E-state index in [2.05, 4.69) is 0 Å². The Hall–Kier alpha value is -1.30. The number of carbonyl (C=O) groups excluding carboxylic acids is 2. The Balaban J connectivity index is 2.18. The van der Waals surface area contributed by atoms with Crippen LogP contribution in [0.25, 0.3) is 0 Å². The van der Waals surface area contributed by atoms with Gasteiger partial charge in [-0.25, -0.2) is 0 Å². The first-order valence-corrected chi connectivity index (χ1v) is 18.5. The number of aliphatic hydroxyl groups excluding tert-OH is 3. The lowest BCUT2D eigenvalue weighted by Crippen LogP contribution is -2.61. The second-order valence-electron chi connectivity index (χ2n) is 16.5. The third-order valence-corrected chi connectivity index (χ3v) is 11.8. The van der Waals surface area contributed by atoms with Gasteiger partial charge in [-0.1, -0.05) is 27.7 Å². The van der Waals surface area contributed by atoms with Crippen LogP contribution in [0.3, 0.4) is 0 Å². The summed E-state index contributed by atoms with van der Waals surface area (Å²) in [7, 11) is 5.18. The van der Waals surface area contributed by atoms with Gasteiger partial charge in [0.2, 0.25) is 0 Å². The lowest BCUT2D eigenvalue weighted by Gasteiger charge is -2.49. The van der Waals surface area contributed by atoms with Gasteiger partial charge in [0.1, 0.15) is 29.7 Å². The monoisotopic (exact) mass is 733 g/mol. The molecule has 0 amide bonds. The number of Topliss-reactive ketones (excluding diaryl/α,β-unsaturated/α-hetero) is 1. The van der Waals surface area contributed by atoms with Crippen molar-refractivity contribution in [3.05, 3.63) is 0 Å². The molecule has 0 aliphatic carbocycles. The van der Waals surface area contributed by atoms with Crippen LogP contribution in [0.1, 0.15) is 94.9 Å².